The molecule has 15 heteroatoms. The van der Waals surface area contributed by atoms with Crippen LogP contribution in [0.1, 0.15) is 27.6 Å². The number of thiazole rings is 1. The maximum Gasteiger partial charge on any atom is 0.365 e. The minimum absolute atomic E-state index is 0.0321. The second-order valence-corrected chi connectivity index (χ2v) is 11.2. The van der Waals surface area contributed by atoms with Crippen molar-refractivity contribution in [1.29, 1.82) is 0 Å². The first-order valence-electron chi connectivity index (χ1n) is 11.6. The number of hydrogen-bond acceptors (Lipinski definition) is 9. The van der Waals surface area contributed by atoms with Gasteiger partial charge in [-0.15, -0.1) is 0 Å². The van der Waals surface area contributed by atoms with Crippen LogP contribution in [0.15, 0.2) is 66.7 Å². The average molecular weight is 582 g/mol. The summed E-state index contributed by atoms with van der Waals surface area (Å²) >= 11 is 1.37. The molecular formula is C25H21N6O7S2+. The van der Waals surface area contributed by atoms with Gasteiger partial charge in [0, 0.05) is 16.2 Å². The van der Waals surface area contributed by atoms with Gasteiger partial charge in [-0.25, -0.2) is 4.79 Å². The number of tetrazole rings is 1. The fourth-order valence-electron chi connectivity index (χ4n) is 3.71. The van der Waals surface area contributed by atoms with Crippen LogP contribution in [0.3, 0.4) is 0 Å². The number of nitrogens with one attached hydrogen (secondary N) is 1. The van der Waals surface area contributed by atoms with Gasteiger partial charge in [-0.1, -0.05) is 28.5 Å². The summed E-state index contributed by atoms with van der Waals surface area (Å²) in [6, 6.07) is 18.0. The van der Waals surface area contributed by atoms with Crippen molar-refractivity contribution < 1.29 is 37.2 Å². The third kappa shape index (κ3) is 5.25. The number of amides is 1. The predicted molar refractivity (Wildman–Crippen MR) is 143 cm³/mol. The van der Waals surface area contributed by atoms with Gasteiger partial charge in [-0.3, -0.25) is 9.35 Å². The standard InChI is InChI=1S/C25H20N6O7S2/c1-14(40(35,36)37)26-23(32)16-9-7-15(8-10-16)22-28-30(19-12-11-17(24(33)34)13-20(19)38-2)31(29-22)25-27-18-5-3-4-6-21(18)39-25/h3-14H,1-2H3,(H2-,26,32,33,34,35,36,37)/p+1. The lowest BCUT2D eigenvalue weighted by Crippen LogP contribution is -2.43. The molecule has 0 saturated heterocycles. The van der Waals surface area contributed by atoms with E-state index in [1.807, 2.05) is 24.3 Å². The van der Waals surface area contributed by atoms with Crippen LogP contribution in [0.2, 0.25) is 0 Å². The number of ether oxygens (including phenoxy) is 1. The zero-order valence-corrected chi connectivity index (χ0v) is 22.5. The van der Waals surface area contributed by atoms with Gasteiger partial charge in [-0.2, -0.15) is 8.42 Å². The van der Waals surface area contributed by atoms with Crippen molar-refractivity contribution in [2.24, 2.45) is 0 Å². The molecule has 3 aromatic carbocycles. The molecule has 3 N–H and O–H groups in total. The molecule has 1 amide bonds. The van der Waals surface area contributed by atoms with Crippen molar-refractivity contribution in [3.05, 3.63) is 77.9 Å². The zero-order valence-electron chi connectivity index (χ0n) is 20.9. The normalized spacial score (nSPS) is 12.3. The van der Waals surface area contributed by atoms with Crippen LogP contribution < -0.4 is 14.9 Å². The molecule has 1 atom stereocenters. The monoisotopic (exact) mass is 581 g/mol. The molecule has 0 aliphatic heterocycles. The summed E-state index contributed by atoms with van der Waals surface area (Å²) in [7, 11) is -3.03. The number of fused-ring (bicyclic) bond motifs is 1. The Balaban J connectivity index is 1.58. The van der Waals surface area contributed by atoms with E-state index in [0.29, 0.717) is 16.4 Å². The fourth-order valence-corrected chi connectivity index (χ4v) is 4.88. The number of carboxylic acid groups (broad SMARTS) is 1. The maximum absolute atomic E-state index is 12.4. The Bertz CT molecular complexity index is 1830. The summed E-state index contributed by atoms with van der Waals surface area (Å²) in [4.78, 5) is 31.5. The number of carbonyl (C=O) groups excluding carboxylic acids is 1. The minimum atomic E-state index is -4.44. The predicted octanol–water partition coefficient (Wildman–Crippen LogP) is 2.49. The summed E-state index contributed by atoms with van der Waals surface area (Å²) in [6.07, 6.45) is 0. The summed E-state index contributed by atoms with van der Waals surface area (Å²) in [5, 5.41) is 19.9. The summed E-state index contributed by atoms with van der Waals surface area (Å²) in [5.74, 6) is -1.31. The van der Waals surface area contributed by atoms with E-state index in [9.17, 15) is 23.1 Å². The number of nitrogens with zero attached hydrogens (tertiary/aromatic N) is 5. The van der Waals surface area contributed by atoms with E-state index in [0.717, 1.165) is 17.1 Å². The Morgan fingerprint density at radius 3 is 2.42 bits per heavy atom. The van der Waals surface area contributed by atoms with Gasteiger partial charge in [0.15, 0.2) is 16.6 Å². The first-order chi connectivity index (χ1) is 19.0. The number of carbonyl (C=O) groups is 2. The Morgan fingerprint density at radius 1 is 1.07 bits per heavy atom. The topological polar surface area (TPSA) is 177 Å². The Labute approximate surface area is 231 Å². The highest BCUT2D eigenvalue weighted by atomic mass is 32.2. The number of carboxylic acids is 1. The molecule has 2 aromatic heterocycles. The molecule has 2 heterocycles. The molecule has 1 unspecified atom stereocenters. The molecule has 0 aliphatic rings. The molecule has 0 fully saturated rings. The smallest absolute Gasteiger partial charge is 0.365 e. The van der Waals surface area contributed by atoms with Gasteiger partial charge in [0.1, 0.15) is 5.75 Å². The molecule has 0 bridgehead atoms. The molecular weight excluding hydrogens is 560 g/mol. The Morgan fingerprint density at radius 2 is 1.77 bits per heavy atom. The molecule has 0 aliphatic carbocycles. The molecule has 40 heavy (non-hydrogen) atoms. The van der Waals surface area contributed by atoms with Gasteiger partial charge in [-0.05, 0) is 76.2 Å². The van der Waals surface area contributed by atoms with Crippen LogP contribution >= 0.6 is 11.3 Å². The van der Waals surface area contributed by atoms with Crippen LogP contribution in [0.25, 0.3) is 32.4 Å². The van der Waals surface area contributed by atoms with Crippen LogP contribution in [0, 0.1) is 0 Å². The van der Waals surface area contributed by atoms with Gasteiger partial charge >= 0.3 is 11.1 Å². The molecule has 5 aromatic rings. The number of aromatic carboxylic acids is 1. The zero-order chi connectivity index (χ0) is 28.6. The highest BCUT2D eigenvalue weighted by Crippen LogP contribution is 2.26. The Hall–Kier alpha value is -4.73. The van der Waals surface area contributed by atoms with Crippen molar-refractivity contribution in [3.63, 3.8) is 0 Å². The second kappa shape index (κ2) is 10.4. The number of para-hydroxylation sites is 1. The van der Waals surface area contributed by atoms with E-state index in [-0.39, 0.29) is 22.7 Å². The summed E-state index contributed by atoms with van der Waals surface area (Å²) < 4.78 is 38.0. The van der Waals surface area contributed by atoms with E-state index in [1.165, 1.54) is 52.3 Å². The number of aromatic nitrogens is 5. The molecule has 13 nitrogen and oxygen atoms in total. The van der Waals surface area contributed by atoms with Crippen LogP contribution in [0.4, 0.5) is 0 Å². The quantitative estimate of drug-likeness (QED) is 0.182. The van der Waals surface area contributed by atoms with Crippen molar-refractivity contribution in [2.75, 3.05) is 7.11 Å². The first-order valence-corrected chi connectivity index (χ1v) is 13.9. The summed E-state index contributed by atoms with van der Waals surface area (Å²) in [5.41, 5.74) is 1.87. The van der Waals surface area contributed by atoms with Crippen LogP contribution in [-0.4, -0.2) is 62.4 Å². The molecule has 0 saturated carbocycles. The number of methoxy groups -OCH3 is 1. The number of hydrogen-bond donors (Lipinski definition) is 3. The fraction of sp³-hybridized carbons (Fsp3) is 0.120. The molecule has 204 valence electrons. The Kier molecular flexibility index (Phi) is 7.01. The lowest BCUT2D eigenvalue weighted by atomic mass is 10.1. The van der Waals surface area contributed by atoms with E-state index in [2.05, 4.69) is 20.5 Å². The van der Waals surface area contributed by atoms with Gasteiger partial charge < -0.3 is 15.2 Å². The van der Waals surface area contributed by atoms with E-state index >= 15 is 0 Å². The third-order valence-electron chi connectivity index (χ3n) is 5.84. The SMILES string of the molecule is COc1cc(C(=O)O)ccc1-n1nc(-c2ccc(C(=O)NC(C)S(=O)(=O)O)cc2)n[n+]1-c1nc2ccccc2s1. The maximum atomic E-state index is 12.4. The van der Waals surface area contributed by atoms with Gasteiger partial charge in [0.05, 0.1) is 17.4 Å². The highest BCUT2D eigenvalue weighted by molar-refractivity contribution is 7.86. The van der Waals surface area contributed by atoms with E-state index < -0.39 is 27.4 Å². The van der Waals surface area contributed by atoms with Crippen molar-refractivity contribution in [1.82, 2.24) is 25.3 Å². The van der Waals surface area contributed by atoms with E-state index in [4.69, 9.17) is 9.29 Å². The van der Waals surface area contributed by atoms with E-state index in [1.54, 1.807) is 18.2 Å². The number of rotatable bonds is 8. The van der Waals surface area contributed by atoms with Crippen molar-refractivity contribution >= 4 is 43.5 Å². The largest absolute Gasteiger partial charge is 0.494 e. The van der Waals surface area contributed by atoms with Gasteiger partial charge in [0.2, 0.25) is 0 Å². The first kappa shape index (κ1) is 26.9. The highest BCUT2D eigenvalue weighted by Gasteiger charge is 2.27. The van der Waals surface area contributed by atoms with Crippen molar-refractivity contribution in [2.45, 2.75) is 12.3 Å². The molecule has 5 rings (SSSR count). The summed E-state index contributed by atoms with van der Waals surface area (Å²) in [6.45, 7) is 1.15. The number of benzene rings is 3. The minimum Gasteiger partial charge on any atom is -0.494 e. The molecule has 0 radical (unpaired) electrons. The van der Waals surface area contributed by atoms with Crippen LogP contribution in [-0.2, 0) is 10.1 Å². The van der Waals surface area contributed by atoms with Crippen molar-refractivity contribution in [3.8, 4) is 28.0 Å². The molecule has 0 spiro atoms. The third-order valence-corrected chi connectivity index (χ3v) is 7.85. The van der Waals surface area contributed by atoms with Crippen LogP contribution in [0.5, 0.6) is 5.75 Å². The van der Waals surface area contributed by atoms with Gasteiger partial charge in [0.25, 0.3) is 21.8 Å². The lowest BCUT2D eigenvalue weighted by Gasteiger charge is -2.10. The average Bonchev–Trinajstić information content (AvgIpc) is 3.57. The lowest BCUT2D eigenvalue weighted by molar-refractivity contribution is -0.734. The second-order valence-electron chi connectivity index (χ2n) is 8.47.